The number of anilines is 1. The van der Waals surface area contributed by atoms with E-state index >= 15 is 0 Å². The Hall–Kier alpha value is -3.20. The van der Waals surface area contributed by atoms with Crippen LogP contribution in [0.1, 0.15) is 11.5 Å². The van der Waals surface area contributed by atoms with Crippen LogP contribution in [0.2, 0.25) is 0 Å². The van der Waals surface area contributed by atoms with Crippen LogP contribution in [0.15, 0.2) is 41.2 Å². The first-order valence-electron chi connectivity index (χ1n) is 9.10. The molecule has 1 aliphatic rings. The van der Waals surface area contributed by atoms with E-state index in [2.05, 4.69) is 25.9 Å². The van der Waals surface area contributed by atoms with Crippen molar-refractivity contribution in [3.8, 4) is 11.3 Å². The summed E-state index contributed by atoms with van der Waals surface area (Å²) in [5, 5.41) is 14.2. The first-order chi connectivity index (χ1) is 13.6. The molecule has 2 amide bonds. The maximum absolute atomic E-state index is 12.5. The van der Waals surface area contributed by atoms with Gasteiger partial charge in [0.25, 0.3) is 0 Å². The fraction of sp³-hybridized carbons (Fsp3) is 0.368. The fourth-order valence-corrected chi connectivity index (χ4v) is 3.29. The van der Waals surface area contributed by atoms with Crippen LogP contribution in [0.3, 0.4) is 0 Å². The summed E-state index contributed by atoms with van der Waals surface area (Å²) >= 11 is 0. The number of hydrogen-bond donors (Lipinski definition) is 2. The maximum Gasteiger partial charge on any atom is 0.320 e. The average Bonchev–Trinajstić information content (AvgIpc) is 3.39. The Morgan fingerprint density at radius 2 is 2.25 bits per heavy atom. The van der Waals surface area contributed by atoms with Gasteiger partial charge in [-0.25, -0.2) is 4.79 Å². The highest BCUT2D eigenvalue weighted by Crippen LogP contribution is 2.22. The van der Waals surface area contributed by atoms with E-state index in [4.69, 9.17) is 9.26 Å². The van der Waals surface area contributed by atoms with Gasteiger partial charge in [-0.2, -0.15) is 5.10 Å². The Labute approximate surface area is 162 Å². The molecule has 0 aromatic carbocycles. The SMILES string of the molecule is Cc1cc(C[C@@H]2COC[C@@H]2NC(=O)Nc2cc(-c3cccnc3)nn2C)on1. The number of carbonyl (C=O) groups excluding carboxylic acids is 1. The summed E-state index contributed by atoms with van der Waals surface area (Å²) in [4.78, 5) is 16.6. The van der Waals surface area contributed by atoms with E-state index in [1.165, 1.54) is 0 Å². The van der Waals surface area contributed by atoms with Crippen LogP contribution < -0.4 is 10.6 Å². The lowest BCUT2D eigenvalue weighted by molar-refractivity contribution is 0.181. The number of ether oxygens (including phenoxy) is 1. The molecule has 3 aromatic heterocycles. The molecule has 0 radical (unpaired) electrons. The largest absolute Gasteiger partial charge is 0.379 e. The lowest BCUT2D eigenvalue weighted by atomic mass is 9.98. The molecule has 4 rings (SSSR count). The van der Waals surface area contributed by atoms with Crippen molar-refractivity contribution >= 4 is 11.8 Å². The van der Waals surface area contributed by atoms with Gasteiger partial charge in [0.1, 0.15) is 11.6 Å². The molecule has 2 N–H and O–H groups in total. The number of aromatic nitrogens is 4. The summed E-state index contributed by atoms with van der Waals surface area (Å²) in [6.07, 6.45) is 4.11. The molecular formula is C19H22N6O3. The van der Waals surface area contributed by atoms with Gasteiger partial charge in [0, 0.05) is 49.5 Å². The number of carbonyl (C=O) groups is 1. The number of nitrogens with one attached hydrogen (secondary N) is 2. The zero-order valence-electron chi connectivity index (χ0n) is 15.8. The molecule has 9 nitrogen and oxygen atoms in total. The zero-order valence-corrected chi connectivity index (χ0v) is 15.8. The van der Waals surface area contributed by atoms with Crippen LogP contribution in [0, 0.1) is 12.8 Å². The Balaban J connectivity index is 1.38. The zero-order chi connectivity index (χ0) is 19.5. The van der Waals surface area contributed by atoms with Crippen molar-refractivity contribution in [2.75, 3.05) is 18.5 Å². The third-order valence-corrected chi connectivity index (χ3v) is 4.73. The van der Waals surface area contributed by atoms with Gasteiger partial charge in [-0.05, 0) is 19.1 Å². The minimum absolute atomic E-state index is 0.101. The summed E-state index contributed by atoms with van der Waals surface area (Å²) < 4.78 is 12.5. The molecule has 3 aromatic rings. The van der Waals surface area contributed by atoms with Gasteiger partial charge in [0.05, 0.1) is 30.6 Å². The summed E-state index contributed by atoms with van der Waals surface area (Å²) in [6.45, 7) is 2.92. The number of urea groups is 1. The molecule has 0 aliphatic carbocycles. The van der Waals surface area contributed by atoms with Crippen molar-refractivity contribution in [3.05, 3.63) is 48.1 Å². The molecule has 4 heterocycles. The second-order valence-corrected chi connectivity index (χ2v) is 6.92. The van der Waals surface area contributed by atoms with Gasteiger partial charge in [0.2, 0.25) is 0 Å². The number of aryl methyl sites for hydroxylation is 2. The molecule has 0 unspecified atom stereocenters. The van der Waals surface area contributed by atoms with Crippen LogP contribution in [-0.2, 0) is 18.2 Å². The van der Waals surface area contributed by atoms with E-state index in [0.717, 1.165) is 22.7 Å². The Bertz CT molecular complexity index is 952. The minimum Gasteiger partial charge on any atom is -0.379 e. The van der Waals surface area contributed by atoms with Crippen LogP contribution >= 0.6 is 0 Å². The van der Waals surface area contributed by atoms with Gasteiger partial charge in [-0.1, -0.05) is 5.16 Å². The Kier molecular flexibility index (Phi) is 5.07. The lowest BCUT2D eigenvalue weighted by Crippen LogP contribution is -2.43. The quantitative estimate of drug-likeness (QED) is 0.700. The van der Waals surface area contributed by atoms with Crippen molar-refractivity contribution in [2.45, 2.75) is 19.4 Å². The first kappa shape index (κ1) is 18.2. The monoisotopic (exact) mass is 382 g/mol. The van der Waals surface area contributed by atoms with Gasteiger partial charge >= 0.3 is 6.03 Å². The van der Waals surface area contributed by atoms with Crippen LogP contribution in [0.25, 0.3) is 11.3 Å². The van der Waals surface area contributed by atoms with Gasteiger partial charge < -0.3 is 14.6 Å². The third kappa shape index (κ3) is 4.04. The Morgan fingerprint density at radius 3 is 3.00 bits per heavy atom. The number of hydrogen-bond acceptors (Lipinski definition) is 6. The highest BCUT2D eigenvalue weighted by Gasteiger charge is 2.31. The molecule has 1 fully saturated rings. The van der Waals surface area contributed by atoms with Gasteiger partial charge in [-0.3, -0.25) is 15.0 Å². The molecule has 0 bridgehead atoms. The fourth-order valence-electron chi connectivity index (χ4n) is 3.29. The number of nitrogens with zero attached hydrogens (tertiary/aromatic N) is 4. The van der Waals surface area contributed by atoms with E-state index in [0.29, 0.717) is 25.5 Å². The van der Waals surface area contributed by atoms with E-state index in [-0.39, 0.29) is 18.0 Å². The van der Waals surface area contributed by atoms with Crippen molar-refractivity contribution in [1.29, 1.82) is 0 Å². The molecule has 28 heavy (non-hydrogen) atoms. The van der Waals surface area contributed by atoms with Gasteiger partial charge in [-0.15, -0.1) is 0 Å². The van der Waals surface area contributed by atoms with Crippen molar-refractivity contribution in [2.24, 2.45) is 13.0 Å². The summed E-state index contributed by atoms with van der Waals surface area (Å²) in [6, 6.07) is 7.10. The standard InChI is InChI=1S/C19H22N6O3/c1-12-6-15(28-24-12)7-14-10-27-11-17(14)21-19(26)22-18-8-16(23-25(18)2)13-4-3-5-20-9-13/h3-6,8-9,14,17H,7,10-11H2,1-2H3,(H2,21,22,26)/t14-,17+/m1/s1. The summed E-state index contributed by atoms with van der Waals surface area (Å²) in [7, 11) is 1.78. The van der Waals surface area contributed by atoms with Crippen LogP contribution in [0.4, 0.5) is 10.6 Å². The number of pyridine rings is 1. The van der Waals surface area contributed by atoms with E-state index < -0.39 is 0 Å². The molecule has 2 atom stereocenters. The highest BCUT2D eigenvalue weighted by molar-refractivity contribution is 5.89. The Morgan fingerprint density at radius 1 is 1.36 bits per heavy atom. The second kappa shape index (κ2) is 7.81. The van der Waals surface area contributed by atoms with E-state index in [9.17, 15) is 4.79 Å². The molecule has 1 saturated heterocycles. The summed E-state index contributed by atoms with van der Waals surface area (Å²) in [5.41, 5.74) is 2.48. The average molecular weight is 382 g/mol. The highest BCUT2D eigenvalue weighted by atomic mass is 16.5. The molecule has 0 spiro atoms. The molecule has 0 saturated carbocycles. The molecule has 1 aliphatic heterocycles. The van der Waals surface area contributed by atoms with Crippen molar-refractivity contribution in [1.82, 2.24) is 25.2 Å². The predicted molar refractivity (Wildman–Crippen MR) is 102 cm³/mol. The lowest BCUT2D eigenvalue weighted by Gasteiger charge is -2.18. The molecular weight excluding hydrogens is 360 g/mol. The van der Waals surface area contributed by atoms with Crippen molar-refractivity contribution in [3.63, 3.8) is 0 Å². The predicted octanol–water partition coefficient (Wildman–Crippen LogP) is 2.16. The van der Waals surface area contributed by atoms with Crippen molar-refractivity contribution < 1.29 is 14.1 Å². The number of amides is 2. The normalized spacial score (nSPS) is 18.9. The third-order valence-electron chi connectivity index (χ3n) is 4.73. The smallest absolute Gasteiger partial charge is 0.320 e. The summed E-state index contributed by atoms with van der Waals surface area (Å²) in [5.74, 6) is 1.53. The minimum atomic E-state index is -0.296. The topological polar surface area (TPSA) is 107 Å². The van der Waals surface area contributed by atoms with Gasteiger partial charge in [0.15, 0.2) is 0 Å². The maximum atomic E-state index is 12.5. The molecule has 9 heteroatoms. The second-order valence-electron chi connectivity index (χ2n) is 6.92. The van der Waals surface area contributed by atoms with Crippen LogP contribution in [-0.4, -0.2) is 45.2 Å². The molecule has 146 valence electrons. The number of rotatable bonds is 5. The van der Waals surface area contributed by atoms with Crippen LogP contribution in [0.5, 0.6) is 0 Å². The van der Waals surface area contributed by atoms with E-state index in [1.54, 1.807) is 24.1 Å². The first-order valence-corrected chi connectivity index (χ1v) is 9.10. The van der Waals surface area contributed by atoms with E-state index in [1.807, 2.05) is 31.2 Å².